The minimum atomic E-state index is -1.10. The molecule has 0 amide bonds. The first-order valence-electron chi connectivity index (χ1n) is 4.96. The third kappa shape index (κ3) is 2.90. The molecule has 0 aromatic heterocycles. The molecule has 86 valence electrons. The summed E-state index contributed by atoms with van der Waals surface area (Å²) in [6.45, 7) is 5.39. The van der Waals surface area contributed by atoms with E-state index < -0.39 is 24.4 Å². The molecule has 1 fully saturated rings. The van der Waals surface area contributed by atoms with Crippen molar-refractivity contribution in [1.82, 2.24) is 0 Å². The minimum Gasteiger partial charge on any atom is -0.394 e. The van der Waals surface area contributed by atoms with Crippen LogP contribution < -0.4 is 5.73 Å². The lowest BCUT2D eigenvalue weighted by Gasteiger charge is -2.39. The van der Waals surface area contributed by atoms with E-state index >= 15 is 0 Å². The molecule has 0 bridgehead atoms. The van der Waals surface area contributed by atoms with Crippen LogP contribution in [0.4, 0.5) is 0 Å². The molecule has 0 radical (unpaired) electrons. The van der Waals surface area contributed by atoms with Crippen LogP contribution in [0.25, 0.3) is 0 Å². The van der Waals surface area contributed by atoms with E-state index in [1.807, 2.05) is 13.8 Å². The SMILES string of the molecule is CC.C[C@@H]1O[C@H](CO)[C@@H](O)[C@H](O)[C@H]1N. The molecule has 0 spiro atoms. The molecular weight excluding hydrogens is 186 g/mol. The van der Waals surface area contributed by atoms with Crippen LogP contribution in [0.2, 0.25) is 0 Å². The first kappa shape index (κ1) is 13.8. The first-order chi connectivity index (χ1) is 6.57. The third-order valence-electron chi connectivity index (χ3n) is 2.24. The molecular formula is C9H21NO4. The number of hydrogen-bond acceptors (Lipinski definition) is 5. The van der Waals surface area contributed by atoms with Crippen molar-refractivity contribution in [2.75, 3.05) is 6.61 Å². The van der Waals surface area contributed by atoms with Crippen LogP contribution in [0.5, 0.6) is 0 Å². The van der Waals surface area contributed by atoms with Crippen molar-refractivity contribution in [2.24, 2.45) is 5.73 Å². The molecule has 14 heavy (non-hydrogen) atoms. The van der Waals surface area contributed by atoms with Crippen molar-refractivity contribution in [3.8, 4) is 0 Å². The van der Waals surface area contributed by atoms with Gasteiger partial charge in [-0.1, -0.05) is 13.8 Å². The van der Waals surface area contributed by atoms with E-state index in [1.165, 1.54) is 0 Å². The number of aliphatic hydroxyl groups excluding tert-OH is 3. The summed E-state index contributed by atoms with van der Waals surface area (Å²) in [5.41, 5.74) is 5.51. The van der Waals surface area contributed by atoms with Crippen LogP contribution in [-0.4, -0.2) is 52.4 Å². The first-order valence-corrected chi connectivity index (χ1v) is 4.96. The Morgan fingerprint density at radius 3 is 2.14 bits per heavy atom. The Morgan fingerprint density at radius 2 is 1.71 bits per heavy atom. The maximum atomic E-state index is 9.35. The van der Waals surface area contributed by atoms with Gasteiger partial charge in [0.1, 0.15) is 18.3 Å². The summed E-state index contributed by atoms with van der Waals surface area (Å²) in [4.78, 5) is 0. The number of aliphatic hydroxyl groups is 3. The molecule has 5 atom stereocenters. The van der Waals surface area contributed by atoms with Crippen LogP contribution in [0.15, 0.2) is 0 Å². The smallest absolute Gasteiger partial charge is 0.110 e. The molecule has 1 aliphatic rings. The Balaban J connectivity index is 0.000000791. The molecule has 0 unspecified atom stereocenters. The fraction of sp³-hybridized carbons (Fsp3) is 1.00. The van der Waals surface area contributed by atoms with Crippen LogP contribution in [-0.2, 0) is 4.74 Å². The fourth-order valence-corrected chi connectivity index (χ4v) is 1.32. The summed E-state index contributed by atoms with van der Waals surface area (Å²) in [5, 5.41) is 27.4. The molecule has 5 nitrogen and oxygen atoms in total. The highest BCUT2D eigenvalue weighted by Crippen LogP contribution is 2.18. The highest BCUT2D eigenvalue weighted by atomic mass is 16.5. The zero-order valence-electron chi connectivity index (χ0n) is 8.92. The number of hydrogen-bond donors (Lipinski definition) is 4. The van der Waals surface area contributed by atoms with Gasteiger partial charge in [-0.25, -0.2) is 0 Å². The second kappa shape index (κ2) is 6.31. The summed E-state index contributed by atoms with van der Waals surface area (Å²) in [6, 6.07) is -0.595. The number of rotatable bonds is 1. The summed E-state index contributed by atoms with van der Waals surface area (Å²) < 4.78 is 5.15. The van der Waals surface area contributed by atoms with E-state index in [1.54, 1.807) is 6.92 Å². The Morgan fingerprint density at radius 1 is 1.21 bits per heavy atom. The van der Waals surface area contributed by atoms with Crippen molar-refractivity contribution in [2.45, 2.75) is 51.2 Å². The third-order valence-corrected chi connectivity index (χ3v) is 2.24. The molecule has 0 aromatic carbocycles. The van der Waals surface area contributed by atoms with E-state index in [4.69, 9.17) is 15.6 Å². The van der Waals surface area contributed by atoms with Crippen molar-refractivity contribution in [3.05, 3.63) is 0 Å². The zero-order chi connectivity index (χ0) is 11.3. The molecule has 1 heterocycles. The maximum absolute atomic E-state index is 9.35. The van der Waals surface area contributed by atoms with Gasteiger partial charge >= 0.3 is 0 Å². The minimum absolute atomic E-state index is 0.310. The van der Waals surface area contributed by atoms with Crippen LogP contribution in [0.1, 0.15) is 20.8 Å². The van der Waals surface area contributed by atoms with Gasteiger partial charge in [0, 0.05) is 0 Å². The Bertz CT molecular complexity index is 151. The van der Waals surface area contributed by atoms with Crippen molar-refractivity contribution < 1.29 is 20.1 Å². The van der Waals surface area contributed by atoms with Gasteiger partial charge in [0.25, 0.3) is 0 Å². The summed E-state index contributed by atoms with van der Waals surface area (Å²) >= 11 is 0. The van der Waals surface area contributed by atoms with Gasteiger partial charge in [0.05, 0.1) is 18.8 Å². The topological polar surface area (TPSA) is 95.9 Å². The van der Waals surface area contributed by atoms with Crippen LogP contribution >= 0.6 is 0 Å². The van der Waals surface area contributed by atoms with Gasteiger partial charge in [-0.3, -0.25) is 0 Å². The van der Waals surface area contributed by atoms with E-state index in [9.17, 15) is 10.2 Å². The standard InChI is InChI=1S/C7H15NO4.C2H6/c1-3-5(8)7(11)6(10)4(2-9)12-3;1-2/h3-7,9-11H,2,8H2,1H3;1-2H3/t3-,4+,5-,6+,7+;/m0./s1. The quantitative estimate of drug-likeness (QED) is 0.435. The van der Waals surface area contributed by atoms with Crippen molar-refractivity contribution in [3.63, 3.8) is 0 Å². The van der Waals surface area contributed by atoms with E-state index in [0.717, 1.165) is 0 Å². The Labute approximate surface area is 84.5 Å². The average Bonchev–Trinajstić information content (AvgIpc) is 2.23. The molecule has 1 saturated heterocycles. The lowest BCUT2D eigenvalue weighted by Crippen LogP contribution is -2.60. The van der Waals surface area contributed by atoms with E-state index in [2.05, 4.69) is 0 Å². The lowest BCUT2D eigenvalue weighted by atomic mass is 9.94. The zero-order valence-corrected chi connectivity index (χ0v) is 8.92. The number of ether oxygens (including phenoxy) is 1. The Hall–Kier alpha value is -0.200. The second-order valence-electron chi connectivity index (χ2n) is 3.12. The predicted molar refractivity (Wildman–Crippen MR) is 52.8 cm³/mol. The second-order valence-corrected chi connectivity index (χ2v) is 3.12. The summed E-state index contributed by atoms with van der Waals surface area (Å²) in [5.74, 6) is 0. The van der Waals surface area contributed by atoms with Crippen molar-refractivity contribution >= 4 is 0 Å². The monoisotopic (exact) mass is 207 g/mol. The predicted octanol–water partition coefficient (Wildman–Crippen LogP) is -1.16. The Kier molecular flexibility index (Phi) is 6.22. The highest BCUT2D eigenvalue weighted by molar-refractivity contribution is 4.92. The normalized spacial score (nSPS) is 42.6. The average molecular weight is 207 g/mol. The van der Waals surface area contributed by atoms with Gasteiger partial charge in [0.15, 0.2) is 0 Å². The van der Waals surface area contributed by atoms with Crippen molar-refractivity contribution in [1.29, 1.82) is 0 Å². The van der Waals surface area contributed by atoms with Crippen LogP contribution in [0, 0.1) is 0 Å². The van der Waals surface area contributed by atoms with Gasteiger partial charge in [-0.05, 0) is 6.92 Å². The largest absolute Gasteiger partial charge is 0.394 e. The molecule has 0 aromatic rings. The van der Waals surface area contributed by atoms with Gasteiger partial charge in [0.2, 0.25) is 0 Å². The molecule has 1 rings (SSSR count). The van der Waals surface area contributed by atoms with E-state index in [0.29, 0.717) is 0 Å². The highest BCUT2D eigenvalue weighted by Gasteiger charge is 2.40. The lowest BCUT2D eigenvalue weighted by molar-refractivity contribution is -0.183. The summed E-state index contributed by atoms with van der Waals surface area (Å²) in [7, 11) is 0. The van der Waals surface area contributed by atoms with Gasteiger partial charge in [-0.15, -0.1) is 0 Å². The van der Waals surface area contributed by atoms with E-state index in [-0.39, 0.29) is 12.7 Å². The summed E-state index contributed by atoms with van der Waals surface area (Å²) in [6.07, 6.45) is -3.19. The number of nitrogens with two attached hydrogens (primary N) is 1. The molecule has 0 saturated carbocycles. The fourth-order valence-electron chi connectivity index (χ4n) is 1.32. The van der Waals surface area contributed by atoms with Crippen LogP contribution in [0.3, 0.4) is 0 Å². The molecule has 5 N–H and O–H groups in total. The molecule has 1 aliphatic heterocycles. The van der Waals surface area contributed by atoms with Gasteiger partial charge < -0.3 is 25.8 Å². The molecule has 0 aliphatic carbocycles. The molecule has 5 heteroatoms. The van der Waals surface area contributed by atoms with Gasteiger partial charge in [-0.2, -0.15) is 0 Å². The maximum Gasteiger partial charge on any atom is 0.110 e.